The van der Waals surface area contributed by atoms with E-state index in [1.807, 2.05) is 13.0 Å². The van der Waals surface area contributed by atoms with Gasteiger partial charge in [0, 0.05) is 6.20 Å². The summed E-state index contributed by atoms with van der Waals surface area (Å²) in [7, 11) is 0. The topological polar surface area (TPSA) is 78.9 Å². The number of carbonyl (C=O) groups is 1. The summed E-state index contributed by atoms with van der Waals surface area (Å²) in [5.74, 6) is -1.00. The summed E-state index contributed by atoms with van der Waals surface area (Å²) in [6.45, 7) is 2.27. The predicted octanol–water partition coefficient (Wildman–Crippen LogP) is 1.81. The minimum Gasteiger partial charge on any atom is -0.477 e. The van der Waals surface area contributed by atoms with Crippen LogP contribution in [0, 0.1) is 18.3 Å². The molecule has 0 saturated heterocycles. The first-order valence-corrected chi connectivity index (χ1v) is 5.36. The van der Waals surface area contributed by atoms with Crippen LogP contribution in [0.2, 0.25) is 0 Å². The Hall–Kier alpha value is -2.61. The molecule has 0 unspecified atom stereocenters. The smallest absolute Gasteiger partial charge is 0.354 e. The molecule has 0 aliphatic heterocycles. The standard InChI is InChI=1S/C13H11N3O2/c1-9-6-10(7-14)2-3-11(9)8-16-12(13(17)18)4-5-15-16/h2-6H,8H2,1H3,(H,17,18). The van der Waals surface area contributed by atoms with Gasteiger partial charge in [-0.1, -0.05) is 6.07 Å². The maximum Gasteiger partial charge on any atom is 0.354 e. The molecule has 0 atom stereocenters. The van der Waals surface area contributed by atoms with Crippen LogP contribution in [0.1, 0.15) is 27.2 Å². The summed E-state index contributed by atoms with van der Waals surface area (Å²) in [6.07, 6.45) is 1.46. The minimum atomic E-state index is -1.00. The van der Waals surface area contributed by atoms with Gasteiger partial charge in [0.25, 0.3) is 0 Å². The fraction of sp³-hybridized carbons (Fsp3) is 0.154. The van der Waals surface area contributed by atoms with Crippen LogP contribution in [0.25, 0.3) is 0 Å². The van der Waals surface area contributed by atoms with Crippen molar-refractivity contribution in [2.24, 2.45) is 0 Å². The van der Waals surface area contributed by atoms with Crippen molar-refractivity contribution in [2.75, 3.05) is 0 Å². The molecule has 18 heavy (non-hydrogen) atoms. The number of aromatic carboxylic acids is 1. The monoisotopic (exact) mass is 241 g/mol. The normalized spacial score (nSPS) is 10.0. The molecule has 0 fully saturated rings. The number of nitrogens with zero attached hydrogens (tertiary/aromatic N) is 3. The van der Waals surface area contributed by atoms with Crippen molar-refractivity contribution in [3.05, 3.63) is 52.8 Å². The van der Waals surface area contributed by atoms with E-state index >= 15 is 0 Å². The summed E-state index contributed by atoms with van der Waals surface area (Å²) in [5, 5.41) is 21.7. The Morgan fingerprint density at radius 3 is 2.89 bits per heavy atom. The van der Waals surface area contributed by atoms with Crippen molar-refractivity contribution in [2.45, 2.75) is 13.5 Å². The van der Waals surface area contributed by atoms with Gasteiger partial charge in [0.1, 0.15) is 5.69 Å². The Kier molecular flexibility index (Phi) is 3.11. The largest absolute Gasteiger partial charge is 0.477 e. The van der Waals surface area contributed by atoms with E-state index in [0.29, 0.717) is 12.1 Å². The van der Waals surface area contributed by atoms with E-state index in [9.17, 15) is 4.79 Å². The van der Waals surface area contributed by atoms with Crippen LogP contribution >= 0.6 is 0 Å². The summed E-state index contributed by atoms with van der Waals surface area (Å²) in [5.41, 5.74) is 2.63. The summed E-state index contributed by atoms with van der Waals surface area (Å²) >= 11 is 0. The molecule has 1 heterocycles. The van der Waals surface area contributed by atoms with Gasteiger partial charge in [-0.2, -0.15) is 10.4 Å². The van der Waals surface area contributed by atoms with Gasteiger partial charge in [0.2, 0.25) is 0 Å². The molecule has 90 valence electrons. The molecule has 5 nitrogen and oxygen atoms in total. The highest BCUT2D eigenvalue weighted by Crippen LogP contribution is 2.13. The molecule has 0 aliphatic carbocycles. The Morgan fingerprint density at radius 1 is 1.50 bits per heavy atom. The van der Waals surface area contributed by atoms with Crippen LogP contribution < -0.4 is 0 Å². The second kappa shape index (κ2) is 4.72. The van der Waals surface area contributed by atoms with Gasteiger partial charge in [-0.3, -0.25) is 4.68 Å². The maximum absolute atomic E-state index is 11.0. The van der Waals surface area contributed by atoms with Gasteiger partial charge in [-0.15, -0.1) is 0 Å². The SMILES string of the molecule is Cc1cc(C#N)ccc1Cn1nccc1C(=O)O. The molecule has 0 bridgehead atoms. The lowest BCUT2D eigenvalue weighted by Crippen LogP contribution is -2.11. The molecule has 0 radical (unpaired) electrons. The Bertz CT molecular complexity index is 638. The Morgan fingerprint density at radius 2 is 2.28 bits per heavy atom. The third-order valence-electron chi connectivity index (χ3n) is 2.73. The quantitative estimate of drug-likeness (QED) is 0.888. The number of carboxylic acid groups (broad SMARTS) is 1. The molecule has 1 aromatic heterocycles. The van der Waals surface area contributed by atoms with Gasteiger partial charge in [-0.25, -0.2) is 4.79 Å². The van der Waals surface area contributed by atoms with Gasteiger partial charge >= 0.3 is 5.97 Å². The Balaban J connectivity index is 2.32. The van der Waals surface area contributed by atoms with E-state index in [0.717, 1.165) is 11.1 Å². The molecular weight excluding hydrogens is 230 g/mol. The molecular formula is C13H11N3O2. The van der Waals surface area contributed by atoms with E-state index < -0.39 is 5.97 Å². The number of aryl methyl sites for hydroxylation is 1. The van der Waals surface area contributed by atoms with Crippen molar-refractivity contribution < 1.29 is 9.90 Å². The highest BCUT2D eigenvalue weighted by molar-refractivity contribution is 5.85. The highest BCUT2D eigenvalue weighted by atomic mass is 16.4. The van der Waals surface area contributed by atoms with Crippen LogP contribution in [0.5, 0.6) is 0 Å². The van der Waals surface area contributed by atoms with Crippen molar-refractivity contribution in [1.82, 2.24) is 9.78 Å². The third-order valence-corrected chi connectivity index (χ3v) is 2.73. The number of rotatable bonds is 3. The van der Waals surface area contributed by atoms with E-state index in [2.05, 4.69) is 11.2 Å². The summed E-state index contributed by atoms with van der Waals surface area (Å²) < 4.78 is 1.43. The molecule has 0 spiro atoms. The first-order chi connectivity index (χ1) is 8.61. The third kappa shape index (κ3) is 2.23. The number of nitriles is 1. The van der Waals surface area contributed by atoms with E-state index in [4.69, 9.17) is 10.4 Å². The highest BCUT2D eigenvalue weighted by Gasteiger charge is 2.11. The molecule has 1 aromatic carbocycles. The molecule has 1 N–H and O–H groups in total. The van der Waals surface area contributed by atoms with Crippen LogP contribution in [0.4, 0.5) is 0 Å². The zero-order valence-corrected chi connectivity index (χ0v) is 9.79. The van der Waals surface area contributed by atoms with E-state index in [1.54, 1.807) is 12.1 Å². The van der Waals surface area contributed by atoms with Crippen molar-refractivity contribution in [3.63, 3.8) is 0 Å². The lowest BCUT2D eigenvalue weighted by Gasteiger charge is -2.08. The van der Waals surface area contributed by atoms with Crippen molar-refractivity contribution in [1.29, 1.82) is 5.26 Å². The molecule has 0 amide bonds. The summed E-state index contributed by atoms with van der Waals surface area (Å²) in [6, 6.07) is 8.84. The lowest BCUT2D eigenvalue weighted by atomic mass is 10.1. The van der Waals surface area contributed by atoms with E-state index in [1.165, 1.54) is 16.9 Å². The average molecular weight is 241 g/mol. The van der Waals surface area contributed by atoms with Gasteiger partial charge in [0.05, 0.1) is 18.2 Å². The number of carboxylic acids is 1. The van der Waals surface area contributed by atoms with Crippen molar-refractivity contribution >= 4 is 5.97 Å². The second-order valence-electron chi connectivity index (χ2n) is 3.93. The molecule has 5 heteroatoms. The van der Waals surface area contributed by atoms with Gasteiger partial charge < -0.3 is 5.11 Å². The van der Waals surface area contributed by atoms with Crippen molar-refractivity contribution in [3.8, 4) is 6.07 Å². The first-order valence-electron chi connectivity index (χ1n) is 5.36. The number of aromatic nitrogens is 2. The van der Waals surface area contributed by atoms with E-state index in [-0.39, 0.29) is 5.69 Å². The summed E-state index contributed by atoms with van der Waals surface area (Å²) in [4.78, 5) is 11.0. The Labute approximate surface area is 104 Å². The zero-order chi connectivity index (χ0) is 13.1. The fourth-order valence-corrected chi connectivity index (χ4v) is 1.74. The number of benzene rings is 1. The number of hydrogen-bond acceptors (Lipinski definition) is 3. The molecule has 2 aromatic rings. The average Bonchev–Trinajstić information content (AvgIpc) is 2.80. The minimum absolute atomic E-state index is 0.152. The van der Waals surface area contributed by atoms with Gasteiger partial charge in [-0.05, 0) is 36.2 Å². The molecule has 0 aliphatic rings. The first kappa shape index (κ1) is 11.9. The fourth-order valence-electron chi connectivity index (χ4n) is 1.74. The maximum atomic E-state index is 11.0. The van der Waals surface area contributed by atoms with Crippen LogP contribution in [0.15, 0.2) is 30.5 Å². The molecule has 0 saturated carbocycles. The second-order valence-corrected chi connectivity index (χ2v) is 3.93. The zero-order valence-electron chi connectivity index (χ0n) is 9.79. The van der Waals surface area contributed by atoms with Crippen LogP contribution in [-0.2, 0) is 6.54 Å². The lowest BCUT2D eigenvalue weighted by molar-refractivity contribution is 0.0684. The van der Waals surface area contributed by atoms with Gasteiger partial charge in [0.15, 0.2) is 0 Å². The van der Waals surface area contributed by atoms with Crippen LogP contribution in [-0.4, -0.2) is 20.9 Å². The number of hydrogen-bond donors (Lipinski definition) is 1. The van der Waals surface area contributed by atoms with Crippen LogP contribution in [0.3, 0.4) is 0 Å². The predicted molar refractivity (Wildman–Crippen MR) is 64.2 cm³/mol. The molecule has 2 rings (SSSR count).